The molecular weight excluding hydrogens is 408 g/mol. The fourth-order valence-corrected chi connectivity index (χ4v) is 3.69. The van der Waals surface area contributed by atoms with E-state index in [1.807, 2.05) is 68.1 Å². The van der Waals surface area contributed by atoms with Crippen LogP contribution in [0, 0.1) is 6.92 Å². The standard InChI is InChI=1S/C24H28N4O4/c1-16(2)31-20-12-18(11-19(13-20)27-10-9-25-23(27)29)22-14-26-24(32-22)28(15-30-4)21-8-6-5-7-17(21)3/h5-8,11-14,16H,9-10,15H2,1-4H3,(H,25,29). The van der Waals surface area contributed by atoms with Crippen LogP contribution >= 0.6 is 0 Å². The summed E-state index contributed by atoms with van der Waals surface area (Å²) in [4.78, 5) is 20.3. The zero-order chi connectivity index (χ0) is 22.7. The zero-order valence-corrected chi connectivity index (χ0v) is 18.8. The van der Waals surface area contributed by atoms with E-state index in [0.29, 0.717) is 37.3 Å². The molecule has 4 rings (SSSR count). The Bertz CT molecular complexity index is 1100. The first kappa shape index (κ1) is 21.7. The average molecular weight is 437 g/mol. The molecule has 2 aromatic carbocycles. The minimum absolute atomic E-state index is 0.00552. The summed E-state index contributed by atoms with van der Waals surface area (Å²) in [5, 5.41) is 2.83. The van der Waals surface area contributed by atoms with Crippen molar-refractivity contribution in [2.24, 2.45) is 0 Å². The van der Waals surface area contributed by atoms with Crippen LogP contribution in [0.3, 0.4) is 0 Å². The van der Waals surface area contributed by atoms with E-state index < -0.39 is 0 Å². The molecule has 8 heteroatoms. The average Bonchev–Trinajstić information content (AvgIpc) is 3.41. The Balaban J connectivity index is 1.72. The molecule has 168 valence electrons. The number of hydrogen-bond acceptors (Lipinski definition) is 6. The predicted molar refractivity (Wildman–Crippen MR) is 124 cm³/mol. The Morgan fingerprint density at radius 1 is 1.25 bits per heavy atom. The van der Waals surface area contributed by atoms with Crippen molar-refractivity contribution < 1.29 is 18.7 Å². The molecule has 1 aliphatic heterocycles. The first-order valence-electron chi connectivity index (χ1n) is 10.6. The number of nitrogens with one attached hydrogen (secondary N) is 1. The predicted octanol–water partition coefficient (Wildman–Crippen LogP) is 4.71. The molecule has 2 amide bonds. The Labute approximate surface area is 187 Å². The number of ether oxygens (including phenoxy) is 2. The molecule has 0 aliphatic carbocycles. The fourth-order valence-electron chi connectivity index (χ4n) is 3.69. The maximum atomic E-state index is 12.2. The van der Waals surface area contributed by atoms with Gasteiger partial charge < -0.3 is 19.2 Å². The van der Waals surface area contributed by atoms with E-state index in [9.17, 15) is 4.79 Å². The van der Waals surface area contributed by atoms with Crippen LogP contribution in [0.1, 0.15) is 19.4 Å². The van der Waals surface area contributed by atoms with Gasteiger partial charge in [-0.05, 0) is 44.5 Å². The van der Waals surface area contributed by atoms with E-state index in [4.69, 9.17) is 13.9 Å². The molecule has 1 aromatic heterocycles. The van der Waals surface area contributed by atoms with Crippen molar-refractivity contribution in [3.8, 4) is 17.1 Å². The van der Waals surface area contributed by atoms with Crippen LogP contribution < -0.4 is 19.9 Å². The topological polar surface area (TPSA) is 80.1 Å². The van der Waals surface area contributed by atoms with Crippen molar-refractivity contribution in [2.75, 3.05) is 36.7 Å². The number of anilines is 3. The third-order valence-corrected chi connectivity index (χ3v) is 5.10. The number of carbonyl (C=O) groups excluding carboxylic acids is 1. The minimum Gasteiger partial charge on any atom is -0.491 e. The molecule has 0 atom stereocenters. The first-order valence-corrected chi connectivity index (χ1v) is 10.6. The van der Waals surface area contributed by atoms with Gasteiger partial charge in [0, 0.05) is 37.5 Å². The number of amides is 2. The van der Waals surface area contributed by atoms with Crippen molar-refractivity contribution in [3.63, 3.8) is 0 Å². The van der Waals surface area contributed by atoms with Crippen LogP contribution in [-0.4, -0.2) is 44.0 Å². The van der Waals surface area contributed by atoms with Crippen molar-refractivity contribution in [2.45, 2.75) is 26.9 Å². The van der Waals surface area contributed by atoms with Crippen LogP contribution in [0.25, 0.3) is 11.3 Å². The Morgan fingerprint density at radius 3 is 2.75 bits per heavy atom. The second-order valence-electron chi connectivity index (χ2n) is 7.91. The first-order chi connectivity index (χ1) is 15.5. The molecule has 0 radical (unpaired) electrons. The monoisotopic (exact) mass is 436 g/mol. The van der Waals surface area contributed by atoms with Crippen LogP contribution in [0.15, 0.2) is 53.1 Å². The van der Waals surface area contributed by atoms with Crippen LogP contribution in [0.4, 0.5) is 22.2 Å². The third kappa shape index (κ3) is 4.55. The number of urea groups is 1. The summed E-state index contributed by atoms with van der Waals surface area (Å²) in [5.74, 6) is 1.24. The fraction of sp³-hybridized carbons (Fsp3) is 0.333. The SMILES string of the molecule is COCN(c1ncc(-c2cc(OC(C)C)cc(N3CCNC3=O)c2)o1)c1ccccc1C. The number of para-hydroxylation sites is 1. The van der Waals surface area contributed by atoms with Gasteiger partial charge in [0.2, 0.25) is 0 Å². The van der Waals surface area contributed by atoms with E-state index in [-0.39, 0.29) is 12.1 Å². The summed E-state index contributed by atoms with van der Waals surface area (Å²) in [6.45, 7) is 7.46. The zero-order valence-electron chi connectivity index (χ0n) is 18.8. The molecule has 0 bridgehead atoms. The smallest absolute Gasteiger partial charge is 0.321 e. The highest BCUT2D eigenvalue weighted by Gasteiger charge is 2.24. The summed E-state index contributed by atoms with van der Waals surface area (Å²) in [6, 6.07) is 14.0. The molecule has 1 fully saturated rings. The van der Waals surface area contributed by atoms with Gasteiger partial charge in [-0.25, -0.2) is 9.78 Å². The molecule has 0 saturated carbocycles. The molecule has 0 spiro atoms. The van der Waals surface area contributed by atoms with Crippen molar-refractivity contribution in [3.05, 3.63) is 54.2 Å². The third-order valence-electron chi connectivity index (χ3n) is 5.10. The van der Waals surface area contributed by atoms with Gasteiger partial charge in [-0.1, -0.05) is 18.2 Å². The summed E-state index contributed by atoms with van der Waals surface area (Å²) >= 11 is 0. The number of aromatic nitrogens is 1. The Morgan fingerprint density at radius 2 is 2.06 bits per heavy atom. The number of oxazole rings is 1. The van der Waals surface area contributed by atoms with Crippen molar-refractivity contribution in [1.29, 1.82) is 0 Å². The van der Waals surface area contributed by atoms with Crippen LogP contribution in [-0.2, 0) is 4.74 Å². The molecule has 2 heterocycles. The van der Waals surface area contributed by atoms with Gasteiger partial charge in [0.05, 0.1) is 18.0 Å². The molecule has 1 aliphatic rings. The highest BCUT2D eigenvalue weighted by atomic mass is 16.5. The quantitative estimate of drug-likeness (QED) is 0.515. The van der Waals surface area contributed by atoms with Crippen LogP contribution in [0.5, 0.6) is 5.75 Å². The maximum absolute atomic E-state index is 12.2. The van der Waals surface area contributed by atoms with Gasteiger partial charge in [0.15, 0.2) is 5.76 Å². The van der Waals surface area contributed by atoms with E-state index in [2.05, 4.69) is 10.3 Å². The lowest BCUT2D eigenvalue weighted by molar-refractivity contribution is 0.202. The highest BCUT2D eigenvalue weighted by molar-refractivity contribution is 5.95. The lowest BCUT2D eigenvalue weighted by atomic mass is 10.1. The largest absolute Gasteiger partial charge is 0.491 e. The number of aryl methyl sites for hydroxylation is 1. The van der Waals surface area contributed by atoms with Crippen molar-refractivity contribution in [1.82, 2.24) is 10.3 Å². The minimum atomic E-state index is -0.123. The summed E-state index contributed by atoms with van der Waals surface area (Å²) in [7, 11) is 1.63. The number of rotatable bonds is 8. The molecule has 3 aromatic rings. The highest BCUT2D eigenvalue weighted by Crippen LogP contribution is 2.35. The van der Waals surface area contributed by atoms with Crippen molar-refractivity contribution >= 4 is 23.4 Å². The van der Waals surface area contributed by atoms with E-state index in [1.54, 1.807) is 18.2 Å². The summed E-state index contributed by atoms with van der Waals surface area (Å²) in [6.07, 6.45) is 1.67. The van der Waals surface area contributed by atoms with Gasteiger partial charge in [-0.2, -0.15) is 0 Å². The number of nitrogens with zero attached hydrogens (tertiary/aromatic N) is 3. The molecule has 32 heavy (non-hydrogen) atoms. The molecule has 0 unspecified atom stereocenters. The molecule has 8 nitrogen and oxygen atoms in total. The van der Waals surface area contributed by atoms with Gasteiger partial charge >= 0.3 is 12.0 Å². The van der Waals surface area contributed by atoms with E-state index in [1.165, 1.54) is 0 Å². The lowest BCUT2D eigenvalue weighted by Crippen LogP contribution is -2.27. The molecule has 1 N–H and O–H groups in total. The van der Waals surface area contributed by atoms with E-state index in [0.717, 1.165) is 22.5 Å². The van der Waals surface area contributed by atoms with Gasteiger partial charge in [-0.15, -0.1) is 0 Å². The van der Waals surface area contributed by atoms with Gasteiger partial charge in [0.1, 0.15) is 12.5 Å². The second-order valence-corrected chi connectivity index (χ2v) is 7.91. The molecule has 1 saturated heterocycles. The van der Waals surface area contributed by atoms with E-state index >= 15 is 0 Å². The Kier molecular flexibility index (Phi) is 6.32. The number of carbonyl (C=O) groups is 1. The number of benzene rings is 2. The number of methoxy groups -OCH3 is 1. The number of hydrogen-bond donors (Lipinski definition) is 1. The second kappa shape index (κ2) is 9.32. The Hall–Kier alpha value is -3.52. The van der Waals surface area contributed by atoms with Crippen LogP contribution in [0.2, 0.25) is 0 Å². The van der Waals surface area contributed by atoms with Gasteiger partial charge in [-0.3, -0.25) is 9.80 Å². The lowest BCUT2D eigenvalue weighted by Gasteiger charge is -2.21. The maximum Gasteiger partial charge on any atom is 0.321 e. The normalized spacial score (nSPS) is 13.5. The van der Waals surface area contributed by atoms with Gasteiger partial charge in [0.25, 0.3) is 0 Å². The summed E-state index contributed by atoms with van der Waals surface area (Å²) < 4.78 is 17.5. The molecular formula is C24H28N4O4. The summed E-state index contributed by atoms with van der Waals surface area (Å²) in [5.41, 5.74) is 3.56.